The van der Waals surface area contributed by atoms with Crippen LogP contribution in [0.3, 0.4) is 0 Å². The Morgan fingerprint density at radius 2 is 1.12 bits per heavy atom. The molecule has 0 spiro atoms. The van der Waals surface area contributed by atoms with Crippen molar-refractivity contribution in [2.75, 3.05) is 13.2 Å². The smallest absolute Gasteiger partial charge is 0.167 e. The van der Waals surface area contributed by atoms with E-state index in [2.05, 4.69) is 0 Å². The van der Waals surface area contributed by atoms with Gasteiger partial charge in [0.25, 0.3) is 0 Å². The molecule has 0 saturated heterocycles. The summed E-state index contributed by atoms with van der Waals surface area (Å²) < 4.78 is 11.3. The second kappa shape index (κ2) is 7.91. The van der Waals surface area contributed by atoms with Gasteiger partial charge in [-0.15, -0.1) is 0 Å². The molecule has 2 aromatic rings. The molecule has 0 radical (unpaired) electrons. The molecule has 0 aliphatic carbocycles. The highest BCUT2D eigenvalue weighted by Crippen LogP contribution is 2.45. The summed E-state index contributed by atoms with van der Waals surface area (Å²) in [6.07, 6.45) is 0. The van der Waals surface area contributed by atoms with E-state index in [9.17, 15) is 19.8 Å². The Morgan fingerprint density at radius 3 is 1.38 bits per heavy atom. The second-order valence-corrected chi connectivity index (χ2v) is 5.65. The predicted octanol–water partition coefficient (Wildman–Crippen LogP) is 3.97. The maximum absolute atomic E-state index is 12.0. The third-order valence-corrected chi connectivity index (χ3v) is 3.84. The van der Waals surface area contributed by atoms with Gasteiger partial charge in [0.1, 0.15) is 34.1 Å². The Balaban J connectivity index is 2.88. The van der Waals surface area contributed by atoms with E-state index in [1.807, 2.05) is 0 Å². The molecule has 0 heterocycles. The molecule has 0 fully saturated rings. The number of rotatable bonds is 7. The molecule has 0 amide bonds. The molecule has 0 aromatic heterocycles. The third kappa shape index (κ3) is 3.49. The highest BCUT2D eigenvalue weighted by molar-refractivity contribution is 6.05. The van der Waals surface area contributed by atoms with Crippen LogP contribution in [0.1, 0.15) is 48.4 Å². The number of aromatic hydroxyl groups is 2. The number of ether oxygens (including phenoxy) is 2. The first-order valence-electron chi connectivity index (χ1n) is 8.33. The lowest BCUT2D eigenvalue weighted by molar-refractivity contribution is 0.0997. The van der Waals surface area contributed by atoms with E-state index < -0.39 is 0 Å². The van der Waals surface area contributed by atoms with E-state index in [-0.39, 0.29) is 58.9 Å². The molecule has 2 aromatic carbocycles. The normalized spacial score (nSPS) is 10.5. The van der Waals surface area contributed by atoms with Crippen molar-refractivity contribution in [1.29, 1.82) is 0 Å². The van der Waals surface area contributed by atoms with E-state index in [1.54, 1.807) is 26.0 Å². The Labute approximate surface area is 152 Å². The standard InChI is InChI=1S/C20H22O6/c1-5-25-19-13(7-9-15(23)17(19)11(3)21)14-8-10-16(24)18(12(4)22)20(14)26-6-2/h7-10,23-24H,5-6H2,1-4H3. The average molecular weight is 358 g/mol. The maximum atomic E-state index is 12.0. The zero-order chi connectivity index (χ0) is 19.4. The number of carbonyl (C=O) groups excluding carboxylic acids is 2. The van der Waals surface area contributed by atoms with Gasteiger partial charge < -0.3 is 19.7 Å². The molecule has 6 heteroatoms. The zero-order valence-electron chi connectivity index (χ0n) is 15.3. The summed E-state index contributed by atoms with van der Waals surface area (Å²) >= 11 is 0. The molecule has 138 valence electrons. The number of ketones is 2. The zero-order valence-corrected chi connectivity index (χ0v) is 15.3. The van der Waals surface area contributed by atoms with E-state index in [0.717, 1.165) is 0 Å². The van der Waals surface area contributed by atoms with Gasteiger partial charge >= 0.3 is 0 Å². The third-order valence-electron chi connectivity index (χ3n) is 3.84. The lowest BCUT2D eigenvalue weighted by Gasteiger charge is -2.19. The topological polar surface area (TPSA) is 93.1 Å². The van der Waals surface area contributed by atoms with Crippen LogP contribution in [0, 0.1) is 0 Å². The van der Waals surface area contributed by atoms with Gasteiger partial charge in [0, 0.05) is 11.1 Å². The highest BCUT2D eigenvalue weighted by Gasteiger charge is 2.25. The Kier molecular flexibility index (Phi) is 5.87. The fourth-order valence-corrected chi connectivity index (χ4v) is 2.84. The Morgan fingerprint density at radius 1 is 0.769 bits per heavy atom. The van der Waals surface area contributed by atoms with Crippen LogP contribution in [-0.4, -0.2) is 35.0 Å². The van der Waals surface area contributed by atoms with Gasteiger partial charge in [0.05, 0.1) is 13.2 Å². The van der Waals surface area contributed by atoms with Gasteiger partial charge in [-0.25, -0.2) is 0 Å². The molecule has 2 N–H and O–H groups in total. The molecular formula is C20H22O6. The van der Waals surface area contributed by atoms with Gasteiger partial charge in [0.2, 0.25) is 0 Å². The number of hydrogen-bond donors (Lipinski definition) is 2. The van der Waals surface area contributed by atoms with Crippen molar-refractivity contribution >= 4 is 11.6 Å². The molecular weight excluding hydrogens is 336 g/mol. The minimum absolute atomic E-state index is 0.0595. The number of benzene rings is 2. The SMILES string of the molecule is CCOc1c(-c2ccc(O)c(C(C)=O)c2OCC)ccc(O)c1C(C)=O. The van der Waals surface area contributed by atoms with Crippen LogP contribution < -0.4 is 9.47 Å². The van der Waals surface area contributed by atoms with Crippen molar-refractivity contribution in [2.45, 2.75) is 27.7 Å². The fourth-order valence-electron chi connectivity index (χ4n) is 2.84. The Bertz CT molecular complexity index is 782. The molecule has 26 heavy (non-hydrogen) atoms. The summed E-state index contributed by atoms with van der Waals surface area (Å²) in [6.45, 7) is 6.75. The van der Waals surface area contributed by atoms with E-state index in [1.165, 1.54) is 26.0 Å². The largest absolute Gasteiger partial charge is 0.507 e. The average Bonchev–Trinajstić information content (AvgIpc) is 2.56. The first-order chi connectivity index (χ1) is 12.3. The maximum Gasteiger partial charge on any atom is 0.167 e. The first kappa shape index (κ1) is 19.3. The molecule has 0 aliphatic rings. The minimum Gasteiger partial charge on any atom is -0.507 e. The van der Waals surface area contributed by atoms with Gasteiger partial charge in [-0.2, -0.15) is 0 Å². The first-order valence-corrected chi connectivity index (χ1v) is 8.33. The van der Waals surface area contributed by atoms with E-state index in [4.69, 9.17) is 9.47 Å². The number of carbonyl (C=O) groups is 2. The monoisotopic (exact) mass is 358 g/mol. The quantitative estimate of drug-likeness (QED) is 0.728. The molecule has 0 bridgehead atoms. The summed E-state index contributed by atoms with van der Waals surface area (Å²) in [5, 5.41) is 20.2. The van der Waals surface area contributed by atoms with Crippen molar-refractivity contribution in [2.24, 2.45) is 0 Å². The number of phenolic OH excluding ortho intramolecular Hbond substituents is 2. The summed E-state index contributed by atoms with van der Waals surface area (Å²) in [5.74, 6) is -0.656. The summed E-state index contributed by atoms with van der Waals surface area (Å²) in [7, 11) is 0. The van der Waals surface area contributed by atoms with Crippen molar-refractivity contribution in [3.63, 3.8) is 0 Å². The summed E-state index contributed by atoms with van der Waals surface area (Å²) in [6, 6.07) is 5.96. The minimum atomic E-state index is -0.351. The lowest BCUT2D eigenvalue weighted by Crippen LogP contribution is -2.06. The van der Waals surface area contributed by atoms with Gasteiger partial charge in [-0.05, 0) is 52.0 Å². The molecule has 0 atom stereocenters. The molecule has 2 rings (SSSR count). The van der Waals surface area contributed by atoms with Crippen LogP contribution >= 0.6 is 0 Å². The van der Waals surface area contributed by atoms with Crippen molar-refractivity contribution in [3.8, 4) is 34.1 Å². The fraction of sp³-hybridized carbons (Fsp3) is 0.300. The van der Waals surface area contributed by atoms with Crippen molar-refractivity contribution in [1.82, 2.24) is 0 Å². The van der Waals surface area contributed by atoms with Crippen molar-refractivity contribution < 1.29 is 29.3 Å². The summed E-state index contributed by atoms with van der Waals surface area (Å²) in [5.41, 5.74) is 1.09. The number of phenols is 2. The molecule has 6 nitrogen and oxygen atoms in total. The second-order valence-electron chi connectivity index (χ2n) is 5.65. The van der Waals surface area contributed by atoms with E-state index >= 15 is 0 Å². The van der Waals surface area contributed by atoms with E-state index in [0.29, 0.717) is 11.1 Å². The van der Waals surface area contributed by atoms with Crippen LogP contribution in [0.25, 0.3) is 11.1 Å². The molecule has 0 unspecified atom stereocenters. The number of Topliss-reactive ketones (excluding diaryl/α,β-unsaturated/α-hetero) is 2. The summed E-state index contributed by atoms with van der Waals surface area (Å²) in [4.78, 5) is 24.0. The van der Waals surface area contributed by atoms with Crippen LogP contribution in [0.5, 0.6) is 23.0 Å². The van der Waals surface area contributed by atoms with Crippen LogP contribution in [0.15, 0.2) is 24.3 Å². The predicted molar refractivity (Wildman–Crippen MR) is 97.6 cm³/mol. The van der Waals surface area contributed by atoms with Gasteiger partial charge in [-0.1, -0.05) is 0 Å². The van der Waals surface area contributed by atoms with Crippen LogP contribution in [0.2, 0.25) is 0 Å². The number of hydrogen-bond acceptors (Lipinski definition) is 6. The van der Waals surface area contributed by atoms with Gasteiger partial charge in [0.15, 0.2) is 11.6 Å². The van der Waals surface area contributed by atoms with Crippen LogP contribution in [0.4, 0.5) is 0 Å². The van der Waals surface area contributed by atoms with Crippen LogP contribution in [-0.2, 0) is 0 Å². The molecule has 0 saturated carbocycles. The molecule has 0 aliphatic heterocycles. The van der Waals surface area contributed by atoms with Gasteiger partial charge in [-0.3, -0.25) is 9.59 Å². The van der Waals surface area contributed by atoms with Crippen molar-refractivity contribution in [3.05, 3.63) is 35.4 Å². The Hall–Kier alpha value is -3.02. The lowest BCUT2D eigenvalue weighted by atomic mass is 9.95. The highest BCUT2D eigenvalue weighted by atomic mass is 16.5.